The van der Waals surface area contributed by atoms with Gasteiger partial charge < -0.3 is 15.6 Å². The SMILES string of the molecule is NC(=O)N/N=C\C(=O)[O-].[Na+]. The van der Waals surface area contributed by atoms with Gasteiger partial charge in [0.1, 0.15) is 0 Å². The van der Waals surface area contributed by atoms with Crippen molar-refractivity contribution in [1.82, 2.24) is 5.43 Å². The van der Waals surface area contributed by atoms with Gasteiger partial charge in [-0.2, -0.15) is 5.10 Å². The van der Waals surface area contributed by atoms with Crippen LogP contribution in [0.4, 0.5) is 4.79 Å². The number of amides is 2. The number of carboxylic acid groups (broad SMARTS) is 1. The third kappa shape index (κ3) is 10.4. The van der Waals surface area contributed by atoms with Crippen LogP contribution in [-0.4, -0.2) is 18.2 Å². The summed E-state index contributed by atoms with van der Waals surface area (Å²) in [7, 11) is 0. The second kappa shape index (κ2) is 6.53. The molecular weight excluding hydrogens is 149 g/mol. The average molecular weight is 153 g/mol. The van der Waals surface area contributed by atoms with E-state index in [0.29, 0.717) is 6.21 Å². The first-order valence-corrected chi connectivity index (χ1v) is 1.92. The zero-order chi connectivity index (χ0) is 7.28. The number of hydrogen-bond acceptors (Lipinski definition) is 4. The van der Waals surface area contributed by atoms with Crippen molar-refractivity contribution in [2.75, 3.05) is 0 Å². The number of carboxylic acids is 1. The first-order chi connectivity index (χ1) is 4.13. The van der Waals surface area contributed by atoms with Crippen LogP contribution in [0, 0.1) is 0 Å². The van der Waals surface area contributed by atoms with Crippen molar-refractivity contribution in [3.05, 3.63) is 0 Å². The molecule has 0 aromatic heterocycles. The number of nitrogens with two attached hydrogens (primary N) is 1. The molecule has 0 aromatic carbocycles. The van der Waals surface area contributed by atoms with Crippen LogP contribution >= 0.6 is 0 Å². The number of hydrazone groups is 1. The molecule has 0 unspecified atom stereocenters. The number of nitrogens with zero attached hydrogens (tertiary/aromatic N) is 1. The molecule has 0 spiro atoms. The van der Waals surface area contributed by atoms with Crippen LogP contribution in [0.1, 0.15) is 0 Å². The number of rotatable bonds is 2. The summed E-state index contributed by atoms with van der Waals surface area (Å²) in [6.07, 6.45) is 0.408. The van der Waals surface area contributed by atoms with E-state index < -0.39 is 12.0 Å². The number of hydrogen-bond donors (Lipinski definition) is 2. The minimum absolute atomic E-state index is 0. The predicted octanol–water partition coefficient (Wildman–Crippen LogP) is -5.61. The Labute approximate surface area is 78.8 Å². The van der Waals surface area contributed by atoms with Gasteiger partial charge in [0.25, 0.3) is 0 Å². The molecule has 0 saturated carbocycles. The van der Waals surface area contributed by atoms with Gasteiger partial charge in [-0.3, -0.25) is 0 Å². The van der Waals surface area contributed by atoms with Crippen molar-refractivity contribution in [3.8, 4) is 0 Å². The van der Waals surface area contributed by atoms with Gasteiger partial charge in [-0.15, -0.1) is 0 Å². The second-order valence-electron chi connectivity index (χ2n) is 1.05. The minimum Gasteiger partial charge on any atom is -0.544 e. The van der Waals surface area contributed by atoms with E-state index in [4.69, 9.17) is 0 Å². The summed E-state index contributed by atoms with van der Waals surface area (Å²) in [5, 5.41) is 12.4. The van der Waals surface area contributed by atoms with Gasteiger partial charge in [0.2, 0.25) is 0 Å². The summed E-state index contributed by atoms with van der Waals surface area (Å²) in [5.41, 5.74) is 6.17. The van der Waals surface area contributed by atoms with E-state index in [1.54, 1.807) is 5.43 Å². The van der Waals surface area contributed by atoms with E-state index in [0.717, 1.165) is 0 Å². The summed E-state index contributed by atoms with van der Waals surface area (Å²) >= 11 is 0. The van der Waals surface area contributed by atoms with Gasteiger partial charge in [0, 0.05) is 0 Å². The van der Waals surface area contributed by atoms with Gasteiger partial charge in [-0.25, -0.2) is 10.2 Å². The van der Waals surface area contributed by atoms with Crippen LogP contribution in [0.5, 0.6) is 0 Å². The maximum atomic E-state index is 9.76. The van der Waals surface area contributed by atoms with Gasteiger partial charge in [0.15, 0.2) is 0 Å². The molecule has 0 fully saturated rings. The summed E-state index contributed by atoms with van der Waals surface area (Å²) < 4.78 is 0. The second-order valence-corrected chi connectivity index (χ2v) is 1.05. The molecule has 0 bridgehead atoms. The number of nitrogens with one attached hydrogen (secondary N) is 1. The third-order valence-electron chi connectivity index (χ3n) is 0.345. The molecule has 0 rings (SSSR count). The van der Waals surface area contributed by atoms with Crippen molar-refractivity contribution in [2.24, 2.45) is 10.8 Å². The normalized spacial score (nSPS) is 8.40. The zero-order valence-corrected chi connectivity index (χ0v) is 7.33. The van der Waals surface area contributed by atoms with Crippen LogP contribution in [0.2, 0.25) is 0 Å². The molecule has 10 heavy (non-hydrogen) atoms. The largest absolute Gasteiger partial charge is 1.00 e. The molecule has 0 heterocycles. The Morgan fingerprint density at radius 2 is 2.10 bits per heavy atom. The third-order valence-corrected chi connectivity index (χ3v) is 0.345. The van der Waals surface area contributed by atoms with E-state index in [-0.39, 0.29) is 29.6 Å². The maximum absolute atomic E-state index is 9.76. The minimum atomic E-state index is -1.50. The van der Waals surface area contributed by atoms with E-state index in [9.17, 15) is 14.7 Å². The fourth-order valence-electron chi connectivity index (χ4n) is 0.149. The fraction of sp³-hybridized carbons (Fsp3) is 0. The summed E-state index contributed by atoms with van der Waals surface area (Å²) in [5.74, 6) is -1.50. The molecule has 0 radical (unpaired) electrons. The summed E-state index contributed by atoms with van der Waals surface area (Å²) in [4.78, 5) is 19.3. The van der Waals surface area contributed by atoms with E-state index in [1.807, 2.05) is 0 Å². The molecule has 3 N–H and O–H groups in total. The van der Waals surface area contributed by atoms with Crippen LogP contribution in [0.15, 0.2) is 5.10 Å². The molecule has 6 nitrogen and oxygen atoms in total. The van der Waals surface area contributed by atoms with Gasteiger partial charge in [0.05, 0.1) is 12.2 Å². The van der Waals surface area contributed by atoms with Crippen molar-refractivity contribution < 1.29 is 44.3 Å². The van der Waals surface area contributed by atoms with E-state index in [2.05, 4.69) is 10.8 Å². The number of carbonyl (C=O) groups excluding carboxylic acids is 2. The molecule has 7 heteroatoms. The molecule has 0 aliphatic heterocycles. The monoisotopic (exact) mass is 153 g/mol. The van der Waals surface area contributed by atoms with Crippen molar-refractivity contribution in [1.29, 1.82) is 0 Å². The Morgan fingerprint density at radius 1 is 1.60 bits per heavy atom. The zero-order valence-electron chi connectivity index (χ0n) is 5.33. The quantitative estimate of drug-likeness (QED) is 0.234. The first-order valence-electron chi connectivity index (χ1n) is 1.92. The molecule has 0 saturated heterocycles. The Kier molecular flexibility index (Phi) is 7.91. The smallest absolute Gasteiger partial charge is 0.544 e. The predicted molar refractivity (Wildman–Crippen MR) is 26.2 cm³/mol. The number of primary amides is 1. The summed E-state index contributed by atoms with van der Waals surface area (Å²) in [6, 6.07) is -0.924. The maximum Gasteiger partial charge on any atom is 1.00 e. The fourth-order valence-corrected chi connectivity index (χ4v) is 0.149. The van der Waals surface area contributed by atoms with Crippen molar-refractivity contribution in [2.45, 2.75) is 0 Å². The Balaban J connectivity index is 0. The van der Waals surface area contributed by atoms with Gasteiger partial charge in [-0.1, -0.05) is 0 Å². The molecule has 0 aliphatic rings. The molecule has 0 atom stereocenters. The van der Waals surface area contributed by atoms with Crippen LogP contribution in [0.3, 0.4) is 0 Å². The standard InChI is InChI=1S/C3H5N3O3.Na/c4-3(9)6-5-1-2(7)8;/h1H,(H,7,8)(H3,4,6,9);/q;+1/p-1/b5-1-;. The first kappa shape index (κ1) is 12.1. The van der Waals surface area contributed by atoms with Crippen molar-refractivity contribution >= 4 is 18.2 Å². The van der Waals surface area contributed by atoms with Crippen LogP contribution in [-0.2, 0) is 4.79 Å². The van der Waals surface area contributed by atoms with Gasteiger partial charge in [-0.05, 0) is 0 Å². The van der Waals surface area contributed by atoms with Gasteiger partial charge >= 0.3 is 35.6 Å². The number of carbonyl (C=O) groups is 2. The topological polar surface area (TPSA) is 108 Å². The Hall–Kier alpha value is -0.590. The Morgan fingerprint density at radius 3 is 2.40 bits per heavy atom. The van der Waals surface area contributed by atoms with Crippen molar-refractivity contribution in [3.63, 3.8) is 0 Å². The van der Waals surface area contributed by atoms with E-state index in [1.165, 1.54) is 0 Å². The number of aliphatic carboxylic acids is 1. The van der Waals surface area contributed by atoms with E-state index >= 15 is 0 Å². The van der Waals surface area contributed by atoms with Crippen LogP contribution in [0.25, 0.3) is 0 Å². The summed E-state index contributed by atoms with van der Waals surface area (Å²) in [6.45, 7) is 0. The average Bonchev–Trinajstić information content (AvgIpc) is 1.63. The molecule has 2 amide bonds. The number of urea groups is 1. The molecular formula is C3H4N3NaO3. The molecule has 50 valence electrons. The van der Waals surface area contributed by atoms with Crippen LogP contribution < -0.4 is 45.8 Å². The molecule has 0 aliphatic carbocycles. The Bertz CT molecular complexity index is 157. The molecule has 0 aromatic rings.